The van der Waals surface area contributed by atoms with Crippen molar-refractivity contribution in [3.05, 3.63) is 101 Å². The van der Waals surface area contributed by atoms with E-state index in [-0.39, 0.29) is 18.2 Å². The van der Waals surface area contributed by atoms with Gasteiger partial charge in [-0.05, 0) is 30.0 Å². The zero-order valence-corrected chi connectivity index (χ0v) is 19.2. The second-order valence-corrected chi connectivity index (χ2v) is 8.93. The normalized spacial score (nSPS) is 24.9. The van der Waals surface area contributed by atoms with Gasteiger partial charge in [0.25, 0.3) is 0 Å². The SMILES string of the molecule is C=CC1CCC(c2ccc(C3C=C(F)C(C(F)(F)Oc4cc(F)c(F)c(F)c4)=C(F)C3C)cc2)OC1. The van der Waals surface area contributed by atoms with Crippen LogP contribution in [0.25, 0.3) is 0 Å². The zero-order valence-electron chi connectivity index (χ0n) is 19.2. The van der Waals surface area contributed by atoms with E-state index in [1.54, 1.807) is 24.3 Å². The molecule has 1 heterocycles. The monoisotopic (exact) mass is 512 g/mol. The molecule has 0 spiro atoms. The molecule has 2 aliphatic rings. The quantitative estimate of drug-likeness (QED) is 0.221. The number of ether oxygens (including phenoxy) is 2. The third-order valence-corrected chi connectivity index (χ3v) is 6.57. The number of hydrogen-bond acceptors (Lipinski definition) is 2. The van der Waals surface area contributed by atoms with Gasteiger partial charge in [-0.25, -0.2) is 22.0 Å². The Balaban J connectivity index is 1.54. The van der Waals surface area contributed by atoms with Gasteiger partial charge in [-0.3, -0.25) is 0 Å². The predicted octanol–water partition coefficient (Wildman–Crippen LogP) is 8.24. The standard InChI is InChI=1S/C27H23F7O2/c1-3-15-4-9-23(35-13-15)17-7-5-16(6-8-17)19-12-20(28)24(25(31)14(19)2)27(33,34)36-18-10-21(29)26(32)22(30)11-18/h3,5-8,10-12,14-15,19,23H,1,4,9,13H2,2H3. The van der Waals surface area contributed by atoms with Crippen LogP contribution in [0.2, 0.25) is 0 Å². The molecule has 1 fully saturated rings. The van der Waals surface area contributed by atoms with Crippen molar-refractivity contribution in [2.75, 3.05) is 6.61 Å². The molecule has 0 saturated carbocycles. The van der Waals surface area contributed by atoms with Gasteiger partial charge < -0.3 is 9.47 Å². The van der Waals surface area contributed by atoms with Gasteiger partial charge in [-0.2, -0.15) is 8.78 Å². The highest BCUT2D eigenvalue weighted by atomic mass is 19.3. The van der Waals surface area contributed by atoms with E-state index >= 15 is 4.39 Å². The van der Waals surface area contributed by atoms with E-state index < -0.39 is 58.4 Å². The highest BCUT2D eigenvalue weighted by Crippen LogP contribution is 2.47. The number of alkyl halides is 2. The number of hydrogen-bond donors (Lipinski definition) is 0. The lowest BCUT2D eigenvalue weighted by Gasteiger charge is -2.30. The van der Waals surface area contributed by atoms with Crippen LogP contribution < -0.4 is 4.74 Å². The van der Waals surface area contributed by atoms with E-state index in [1.165, 1.54) is 6.92 Å². The van der Waals surface area contributed by atoms with Crippen LogP contribution in [0.15, 0.2) is 72.4 Å². The summed E-state index contributed by atoms with van der Waals surface area (Å²) in [5, 5.41) is 0. The molecule has 9 heteroatoms. The molecule has 2 nitrogen and oxygen atoms in total. The van der Waals surface area contributed by atoms with E-state index in [0.717, 1.165) is 24.5 Å². The third-order valence-electron chi connectivity index (χ3n) is 6.57. The van der Waals surface area contributed by atoms with Crippen LogP contribution in [0.1, 0.15) is 42.9 Å². The van der Waals surface area contributed by atoms with Crippen LogP contribution in [-0.2, 0) is 4.74 Å². The summed E-state index contributed by atoms with van der Waals surface area (Å²) in [6.45, 7) is 5.63. The molecule has 1 aliphatic carbocycles. The minimum Gasteiger partial charge on any atom is -0.429 e. The number of rotatable bonds is 6. The van der Waals surface area contributed by atoms with Gasteiger partial charge in [0, 0.05) is 29.9 Å². The van der Waals surface area contributed by atoms with E-state index in [9.17, 15) is 26.3 Å². The first-order valence-corrected chi connectivity index (χ1v) is 11.3. The van der Waals surface area contributed by atoms with Crippen LogP contribution in [0.3, 0.4) is 0 Å². The van der Waals surface area contributed by atoms with Crippen LogP contribution >= 0.6 is 0 Å². The number of halogens is 7. The molecule has 2 aromatic carbocycles. The molecule has 0 aromatic heterocycles. The molecule has 36 heavy (non-hydrogen) atoms. The Morgan fingerprint density at radius 1 is 0.972 bits per heavy atom. The Hall–Kier alpha value is -3.07. The minimum atomic E-state index is -4.62. The maximum atomic E-state index is 15.1. The summed E-state index contributed by atoms with van der Waals surface area (Å²) in [5.41, 5.74) is -0.285. The fourth-order valence-corrected chi connectivity index (χ4v) is 4.49. The summed E-state index contributed by atoms with van der Waals surface area (Å²) < 4.78 is 109. The topological polar surface area (TPSA) is 18.5 Å². The summed E-state index contributed by atoms with van der Waals surface area (Å²) in [7, 11) is 0. The molecular formula is C27H23F7O2. The first-order valence-electron chi connectivity index (χ1n) is 11.3. The highest BCUT2D eigenvalue weighted by molar-refractivity contribution is 5.44. The van der Waals surface area contributed by atoms with Crippen LogP contribution in [0.4, 0.5) is 30.7 Å². The average molecular weight is 512 g/mol. The van der Waals surface area contributed by atoms with Gasteiger partial charge in [-0.15, -0.1) is 6.58 Å². The van der Waals surface area contributed by atoms with Crippen molar-refractivity contribution >= 4 is 0 Å². The summed E-state index contributed by atoms with van der Waals surface area (Å²) in [6.07, 6.45) is -0.311. The van der Waals surface area contributed by atoms with Crippen molar-refractivity contribution < 1.29 is 40.2 Å². The molecule has 192 valence electrons. The number of allylic oxidation sites excluding steroid dienone is 2. The molecule has 0 radical (unpaired) electrons. The predicted molar refractivity (Wildman–Crippen MR) is 119 cm³/mol. The van der Waals surface area contributed by atoms with Gasteiger partial charge in [0.1, 0.15) is 23.0 Å². The number of benzene rings is 2. The van der Waals surface area contributed by atoms with Crippen LogP contribution in [0, 0.1) is 29.3 Å². The molecule has 4 unspecified atom stereocenters. The second kappa shape index (κ2) is 10.1. The Labute approximate surface area is 203 Å². The molecule has 0 amide bonds. The summed E-state index contributed by atoms with van der Waals surface area (Å²) in [5.74, 6) is -11.4. The maximum absolute atomic E-state index is 15.1. The van der Waals surface area contributed by atoms with Crippen molar-refractivity contribution in [3.63, 3.8) is 0 Å². The van der Waals surface area contributed by atoms with Crippen LogP contribution in [-0.4, -0.2) is 12.7 Å². The van der Waals surface area contributed by atoms with E-state index in [2.05, 4.69) is 11.3 Å². The van der Waals surface area contributed by atoms with Crippen molar-refractivity contribution in [2.45, 2.75) is 37.9 Å². The minimum absolute atomic E-state index is 0.119. The summed E-state index contributed by atoms with van der Waals surface area (Å²) in [6, 6.07) is 7.21. The molecule has 4 rings (SSSR count). The molecular weight excluding hydrogens is 489 g/mol. The first-order chi connectivity index (χ1) is 17.0. The van der Waals surface area contributed by atoms with Crippen molar-refractivity contribution in [2.24, 2.45) is 11.8 Å². The van der Waals surface area contributed by atoms with Gasteiger partial charge in [0.15, 0.2) is 17.5 Å². The fraction of sp³-hybridized carbons (Fsp3) is 0.333. The summed E-state index contributed by atoms with van der Waals surface area (Å²) >= 11 is 0. The smallest absolute Gasteiger partial charge is 0.429 e. The Morgan fingerprint density at radius 3 is 2.14 bits per heavy atom. The average Bonchev–Trinajstić information content (AvgIpc) is 2.84. The van der Waals surface area contributed by atoms with Crippen molar-refractivity contribution in [1.82, 2.24) is 0 Å². The van der Waals surface area contributed by atoms with Crippen molar-refractivity contribution in [3.8, 4) is 5.75 Å². The lowest BCUT2D eigenvalue weighted by atomic mass is 9.80. The zero-order chi connectivity index (χ0) is 26.2. The lowest BCUT2D eigenvalue weighted by molar-refractivity contribution is -0.144. The van der Waals surface area contributed by atoms with E-state index in [1.807, 2.05) is 6.08 Å². The largest absolute Gasteiger partial charge is 0.432 e. The van der Waals surface area contributed by atoms with Gasteiger partial charge >= 0.3 is 6.11 Å². The van der Waals surface area contributed by atoms with Gasteiger partial charge in [0.05, 0.1) is 12.7 Å². The van der Waals surface area contributed by atoms with Gasteiger partial charge in [-0.1, -0.05) is 37.3 Å². The van der Waals surface area contributed by atoms with Gasteiger partial charge in [0.2, 0.25) is 0 Å². The molecule has 4 atom stereocenters. The fourth-order valence-electron chi connectivity index (χ4n) is 4.49. The summed E-state index contributed by atoms with van der Waals surface area (Å²) in [4.78, 5) is 0. The highest BCUT2D eigenvalue weighted by Gasteiger charge is 2.47. The Kier molecular flexibility index (Phi) is 7.31. The lowest BCUT2D eigenvalue weighted by Crippen LogP contribution is -2.32. The maximum Gasteiger partial charge on any atom is 0.432 e. The molecule has 0 N–H and O–H groups in total. The second-order valence-electron chi connectivity index (χ2n) is 8.93. The van der Waals surface area contributed by atoms with E-state index in [4.69, 9.17) is 4.74 Å². The Morgan fingerprint density at radius 2 is 1.58 bits per heavy atom. The van der Waals surface area contributed by atoms with Crippen molar-refractivity contribution in [1.29, 1.82) is 0 Å². The first kappa shape index (κ1) is 26.0. The van der Waals surface area contributed by atoms with E-state index in [0.29, 0.717) is 18.1 Å². The molecule has 0 bridgehead atoms. The van der Waals surface area contributed by atoms with Crippen LogP contribution in [0.5, 0.6) is 5.75 Å². The third kappa shape index (κ3) is 5.07. The molecule has 1 saturated heterocycles. The molecule has 1 aliphatic heterocycles. The Bertz CT molecular complexity index is 1170. The molecule has 2 aromatic rings.